The summed E-state index contributed by atoms with van der Waals surface area (Å²) in [6.45, 7) is 4.37. The SMILES string of the molecule is O=c1c2cccnc2[nH]c(=S)n1CCN1CCN(c2ccccc2F)CC1. The lowest BCUT2D eigenvalue weighted by molar-refractivity contribution is 0.246. The standard InChI is InChI=1S/C19H20FN5OS/c20-15-5-1-2-6-16(15)24-11-8-23(9-12-24)10-13-25-18(26)14-4-3-7-21-17(14)22-19(25)27/h1-7H,8-13H2,(H,21,22,27). The summed E-state index contributed by atoms with van der Waals surface area (Å²) in [5, 5.41) is 0.537. The van der Waals surface area contributed by atoms with Crippen molar-refractivity contribution in [2.75, 3.05) is 37.6 Å². The molecule has 0 spiro atoms. The van der Waals surface area contributed by atoms with Gasteiger partial charge in [0.1, 0.15) is 11.5 Å². The molecule has 1 saturated heterocycles. The second-order valence-electron chi connectivity index (χ2n) is 6.57. The van der Waals surface area contributed by atoms with Crippen molar-refractivity contribution in [3.63, 3.8) is 0 Å². The number of fused-ring (bicyclic) bond motifs is 1. The Hall–Kier alpha value is -2.58. The first kappa shape index (κ1) is 17.8. The maximum absolute atomic E-state index is 13.9. The molecular formula is C19H20FN5OS. The number of hydrogen-bond donors (Lipinski definition) is 1. The van der Waals surface area contributed by atoms with Crippen LogP contribution in [0.25, 0.3) is 11.0 Å². The minimum Gasteiger partial charge on any atom is -0.367 e. The Morgan fingerprint density at radius 1 is 1.07 bits per heavy atom. The molecule has 0 unspecified atom stereocenters. The highest BCUT2D eigenvalue weighted by atomic mass is 32.1. The van der Waals surface area contributed by atoms with Crippen molar-refractivity contribution in [2.45, 2.75) is 6.54 Å². The number of para-hydroxylation sites is 1. The smallest absolute Gasteiger partial charge is 0.263 e. The van der Waals surface area contributed by atoms with E-state index in [1.165, 1.54) is 6.07 Å². The van der Waals surface area contributed by atoms with Crippen LogP contribution in [0, 0.1) is 10.6 Å². The van der Waals surface area contributed by atoms with E-state index in [1.807, 2.05) is 12.1 Å². The topological polar surface area (TPSA) is 57.2 Å². The summed E-state index contributed by atoms with van der Waals surface area (Å²) in [5.74, 6) is -0.187. The van der Waals surface area contributed by atoms with Crippen molar-refractivity contribution < 1.29 is 4.39 Å². The molecule has 0 bridgehead atoms. The van der Waals surface area contributed by atoms with Gasteiger partial charge in [-0.3, -0.25) is 14.3 Å². The minimum atomic E-state index is -0.187. The van der Waals surface area contributed by atoms with Gasteiger partial charge in [0, 0.05) is 45.5 Å². The molecule has 8 heteroatoms. The largest absolute Gasteiger partial charge is 0.367 e. The molecule has 0 atom stereocenters. The molecule has 0 saturated carbocycles. The van der Waals surface area contributed by atoms with E-state index >= 15 is 0 Å². The van der Waals surface area contributed by atoms with Gasteiger partial charge < -0.3 is 9.88 Å². The highest BCUT2D eigenvalue weighted by Gasteiger charge is 2.19. The lowest BCUT2D eigenvalue weighted by atomic mass is 10.2. The van der Waals surface area contributed by atoms with Crippen LogP contribution in [0.5, 0.6) is 0 Å². The summed E-state index contributed by atoms with van der Waals surface area (Å²) in [7, 11) is 0. The van der Waals surface area contributed by atoms with Crippen LogP contribution in [0.15, 0.2) is 47.4 Å². The van der Waals surface area contributed by atoms with E-state index in [4.69, 9.17) is 12.2 Å². The first-order chi connectivity index (χ1) is 13.1. The summed E-state index contributed by atoms with van der Waals surface area (Å²) >= 11 is 5.33. The molecule has 2 aromatic heterocycles. The Bertz CT molecular complexity index is 1070. The highest BCUT2D eigenvalue weighted by Crippen LogP contribution is 2.20. The first-order valence-corrected chi connectivity index (χ1v) is 9.34. The van der Waals surface area contributed by atoms with Crippen LogP contribution < -0.4 is 10.5 Å². The molecule has 1 N–H and O–H groups in total. The van der Waals surface area contributed by atoms with Crippen molar-refractivity contribution in [3.8, 4) is 0 Å². The highest BCUT2D eigenvalue weighted by molar-refractivity contribution is 7.71. The van der Waals surface area contributed by atoms with Crippen LogP contribution in [0.2, 0.25) is 0 Å². The fourth-order valence-electron chi connectivity index (χ4n) is 3.45. The Morgan fingerprint density at radius 2 is 1.85 bits per heavy atom. The van der Waals surface area contributed by atoms with E-state index in [0.29, 0.717) is 34.6 Å². The van der Waals surface area contributed by atoms with E-state index in [1.54, 1.807) is 29.0 Å². The number of nitrogens with one attached hydrogen (secondary N) is 1. The molecule has 6 nitrogen and oxygen atoms in total. The number of benzene rings is 1. The van der Waals surface area contributed by atoms with E-state index in [9.17, 15) is 9.18 Å². The van der Waals surface area contributed by atoms with E-state index in [2.05, 4.69) is 19.8 Å². The van der Waals surface area contributed by atoms with Gasteiger partial charge in [-0.25, -0.2) is 9.37 Å². The van der Waals surface area contributed by atoms with Gasteiger partial charge in [0.2, 0.25) is 0 Å². The van der Waals surface area contributed by atoms with Gasteiger partial charge in [0.25, 0.3) is 5.56 Å². The van der Waals surface area contributed by atoms with Crippen molar-refractivity contribution in [2.24, 2.45) is 0 Å². The fraction of sp³-hybridized carbons (Fsp3) is 0.316. The number of halogens is 1. The van der Waals surface area contributed by atoms with Gasteiger partial charge >= 0.3 is 0 Å². The average Bonchev–Trinajstić information content (AvgIpc) is 2.69. The van der Waals surface area contributed by atoms with Crippen LogP contribution in [-0.4, -0.2) is 52.2 Å². The summed E-state index contributed by atoms with van der Waals surface area (Å²) in [4.78, 5) is 24.2. The molecule has 27 heavy (non-hydrogen) atoms. The monoisotopic (exact) mass is 385 g/mol. The summed E-state index contributed by atoms with van der Waals surface area (Å²) < 4.78 is 15.9. The Morgan fingerprint density at radius 3 is 2.63 bits per heavy atom. The molecule has 0 amide bonds. The Balaban J connectivity index is 1.42. The predicted molar refractivity (Wildman–Crippen MR) is 106 cm³/mol. The van der Waals surface area contributed by atoms with Crippen molar-refractivity contribution in [1.82, 2.24) is 19.4 Å². The third kappa shape index (κ3) is 3.63. The zero-order valence-corrected chi connectivity index (χ0v) is 15.6. The van der Waals surface area contributed by atoms with Gasteiger partial charge in [-0.15, -0.1) is 0 Å². The van der Waals surface area contributed by atoms with Gasteiger partial charge in [-0.2, -0.15) is 0 Å². The van der Waals surface area contributed by atoms with Crippen molar-refractivity contribution >= 4 is 28.9 Å². The van der Waals surface area contributed by atoms with Crippen LogP contribution >= 0.6 is 12.2 Å². The molecule has 1 aromatic carbocycles. The van der Waals surface area contributed by atoms with E-state index < -0.39 is 0 Å². The van der Waals surface area contributed by atoms with Crippen LogP contribution in [0.3, 0.4) is 0 Å². The number of H-pyrrole nitrogens is 1. The second-order valence-corrected chi connectivity index (χ2v) is 6.95. The number of pyridine rings is 1. The van der Waals surface area contributed by atoms with E-state index in [-0.39, 0.29) is 11.4 Å². The third-order valence-electron chi connectivity index (χ3n) is 4.96. The molecule has 140 valence electrons. The fourth-order valence-corrected chi connectivity index (χ4v) is 3.72. The maximum atomic E-state index is 13.9. The maximum Gasteiger partial charge on any atom is 0.263 e. The first-order valence-electron chi connectivity index (χ1n) is 8.93. The Labute approximate surface area is 160 Å². The molecule has 0 aliphatic carbocycles. The zero-order chi connectivity index (χ0) is 18.8. The molecule has 1 fully saturated rings. The van der Waals surface area contributed by atoms with Gasteiger partial charge in [-0.05, 0) is 36.5 Å². The number of hydrogen-bond acceptors (Lipinski definition) is 5. The molecule has 1 aliphatic heterocycles. The van der Waals surface area contributed by atoms with Crippen LogP contribution in [0.1, 0.15) is 0 Å². The molecule has 3 heterocycles. The van der Waals surface area contributed by atoms with Gasteiger partial charge in [0.05, 0.1) is 11.1 Å². The zero-order valence-electron chi connectivity index (χ0n) is 14.8. The number of piperazine rings is 1. The van der Waals surface area contributed by atoms with E-state index in [0.717, 1.165) is 26.2 Å². The van der Waals surface area contributed by atoms with Crippen molar-refractivity contribution in [1.29, 1.82) is 0 Å². The van der Waals surface area contributed by atoms with Crippen LogP contribution in [0.4, 0.5) is 10.1 Å². The molecule has 1 aliphatic rings. The van der Waals surface area contributed by atoms with Crippen LogP contribution in [-0.2, 0) is 6.54 Å². The lowest BCUT2D eigenvalue weighted by Crippen LogP contribution is -2.47. The van der Waals surface area contributed by atoms with Crippen molar-refractivity contribution in [3.05, 3.63) is 63.5 Å². The average molecular weight is 385 g/mol. The molecular weight excluding hydrogens is 365 g/mol. The number of aromatic nitrogens is 3. The normalized spacial score (nSPS) is 15.4. The number of nitrogens with zero attached hydrogens (tertiary/aromatic N) is 4. The molecule has 0 radical (unpaired) electrons. The third-order valence-corrected chi connectivity index (χ3v) is 5.28. The molecule has 3 aromatic rings. The summed E-state index contributed by atoms with van der Waals surface area (Å²) in [6.07, 6.45) is 1.63. The summed E-state index contributed by atoms with van der Waals surface area (Å²) in [5.41, 5.74) is 1.05. The predicted octanol–water partition coefficient (Wildman–Crippen LogP) is 2.42. The van der Waals surface area contributed by atoms with Gasteiger partial charge in [0.15, 0.2) is 4.77 Å². The quantitative estimate of drug-likeness (QED) is 0.699. The second kappa shape index (κ2) is 7.58. The van der Waals surface area contributed by atoms with Gasteiger partial charge in [-0.1, -0.05) is 12.1 Å². The summed E-state index contributed by atoms with van der Waals surface area (Å²) in [6, 6.07) is 10.4. The minimum absolute atomic E-state index is 0.119. The molecule has 4 rings (SSSR count). The number of aromatic amines is 1. The number of anilines is 1. The number of rotatable bonds is 4. The Kier molecular flexibility index (Phi) is 5.00. The lowest BCUT2D eigenvalue weighted by Gasteiger charge is -2.36.